The van der Waals surface area contributed by atoms with E-state index >= 15 is 0 Å². The van der Waals surface area contributed by atoms with Crippen LogP contribution in [0.3, 0.4) is 0 Å². The molecular formula is C11H6ClNO. The highest BCUT2D eigenvalue weighted by Crippen LogP contribution is 2.32. The summed E-state index contributed by atoms with van der Waals surface area (Å²) < 4.78 is 5.59. The Morgan fingerprint density at radius 2 is 2.07 bits per heavy atom. The molecule has 0 unspecified atom stereocenters. The van der Waals surface area contributed by atoms with Crippen molar-refractivity contribution in [2.75, 3.05) is 0 Å². The zero-order chi connectivity index (χ0) is 9.54. The van der Waals surface area contributed by atoms with E-state index in [1.54, 1.807) is 12.4 Å². The number of halogens is 1. The molecule has 0 aliphatic rings. The number of pyridine rings is 1. The number of furan rings is 1. The molecule has 14 heavy (non-hydrogen) atoms. The standard InChI is InChI=1S/C11H6ClNO/c12-8-2-1-3-9-11(8)7-4-5-13-6-10(7)14-9/h1-6H. The normalized spacial score (nSPS) is 11.2. The van der Waals surface area contributed by atoms with Gasteiger partial charge in [0.05, 0.1) is 11.2 Å². The Kier molecular flexibility index (Phi) is 1.52. The summed E-state index contributed by atoms with van der Waals surface area (Å²) in [6, 6.07) is 7.55. The second kappa shape index (κ2) is 2.72. The van der Waals surface area contributed by atoms with Crippen molar-refractivity contribution in [3.63, 3.8) is 0 Å². The summed E-state index contributed by atoms with van der Waals surface area (Å²) in [7, 11) is 0. The quantitative estimate of drug-likeness (QED) is 0.558. The lowest BCUT2D eigenvalue weighted by Crippen LogP contribution is -1.69. The van der Waals surface area contributed by atoms with Crippen LogP contribution in [0.2, 0.25) is 5.02 Å². The number of benzene rings is 1. The Morgan fingerprint density at radius 1 is 1.14 bits per heavy atom. The third-order valence-electron chi connectivity index (χ3n) is 2.25. The zero-order valence-electron chi connectivity index (χ0n) is 7.20. The van der Waals surface area contributed by atoms with Crippen molar-refractivity contribution in [1.29, 1.82) is 0 Å². The number of aromatic nitrogens is 1. The van der Waals surface area contributed by atoms with E-state index in [9.17, 15) is 0 Å². The van der Waals surface area contributed by atoms with Gasteiger partial charge in [-0.2, -0.15) is 0 Å². The molecule has 3 aromatic rings. The second-order valence-corrected chi connectivity index (χ2v) is 3.49. The molecule has 0 bridgehead atoms. The molecule has 0 spiro atoms. The van der Waals surface area contributed by atoms with Crippen LogP contribution in [0, 0.1) is 0 Å². The monoisotopic (exact) mass is 203 g/mol. The Morgan fingerprint density at radius 3 is 3.00 bits per heavy atom. The summed E-state index contributed by atoms with van der Waals surface area (Å²) in [5.74, 6) is 0. The molecule has 0 saturated heterocycles. The van der Waals surface area contributed by atoms with E-state index in [1.165, 1.54) is 0 Å². The SMILES string of the molecule is Clc1cccc2oc3cnccc3c12. The van der Waals surface area contributed by atoms with E-state index in [0.717, 1.165) is 21.9 Å². The minimum absolute atomic E-state index is 0.715. The molecule has 0 saturated carbocycles. The number of hydrogen-bond acceptors (Lipinski definition) is 2. The first-order valence-corrected chi connectivity index (χ1v) is 4.65. The number of nitrogens with zero attached hydrogens (tertiary/aromatic N) is 1. The third-order valence-corrected chi connectivity index (χ3v) is 2.56. The highest BCUT2D eigenvalue weighted by Gasteiger charge is 2.08. The molecule has 2 nitrogen and oxygen atoms in total. The smallest absolute Gasteiger partial charge is 0.153 e. The molecule has 3 rings (SSSR count). The Labute approximate surface area is 85.1 Å². The van der Waals surface area contributed by atoms with Crippen LogP contribution < -0.4 is 0 Å². The Balaban J connectivity index is 2.65. The molecule has 1 aromatic carbocycles. The van der Waals surface area contributed by atoms with Gasteiger partial charge in [0.1, 0.15) is 5.58 Å². The molecule has 0 fully saturated rings. The van der Waals surface area contributed by atoms with Gasteiger partial charge in [0, 0.05) is 17.0 Å². The van der Waals surface area contributed by atoms with Crippen LogP contribution in [-0.4, -0.2) is 4.98 Å². The van der Waals surface area contributed by atoms with E-state index in [0.29, 0.717) is 5.02 Å². The average Bonchev–Trinajstić information content (AvgIpc) is 2.57. The van der Waals surface area contributed by atoms with E-state index in [4.69, 9.17) is 16.0 Å². The van der Waals surface area contributed by atoms with Crippen LogP contribution in [0.5, 0.6) is 0 Å². The van der Waals surface area contributed by atoms with Crippen molar-refractivity contribution < 1.29 is 4.42 Å². The van der Waals surface area contributed by atoms with Crippen LogP contribution in [-0.2, 0) is 0 Å². The first kappa shape index (κ1) is 7.83. The zero-order valence-corrected chi connectivity index (χ0v) is 7.95. The van der Waals surface area contributed by atoms with E-state index in [-0.39, 0.29) is 0 Å². The van der Waals surface area contributed by atoms with Crippen molar-refractivity contribution in [2.24, 2.45) is 0 Å². The summed E-state index contributed by atoms with van der Waals surface area (Å²) >= 11 is 6.10. The van der Waals surface area contributed by atoms with Gasteiger partial charge in [0.25, 0.3) is 0 Å². The van der Waals surface area contributed by atoms with Crippen LogP contribution in [0.4, 0.5) is 0 Å². The van der Waals surface area contributed by atoms with E-state index in [1.807, 2.05) is 24.3 Å². The Hall–Kier alpha value is -1.54. The summed E-state index contributed by atoms with van der Waals surface area (Å²) in [5, 5.41) is 2.69. The van der Waals surface area contributed by atoms with Crippen molar-refractivity contribution in [3.05, 3.63) is 41.7 Å². The summed E-state index contributed by atoms with van der Waals surface area (Å²) in [6.45, 7) is 0. The highest BCUT2D eigenvalue weighted by molar-refractivity contribution is 6.37. The molecule has 0 aliphatic carbocycles. The molecule has 0 amide bonds. The maximum Gasteiger partial charge on any atom is 0.153 e. The van der Waals surface area contributed by atoms with Gasteiger partial charge in [0.15, 0.2) is 5.58 Å². The summed E-state index contributed by atoms with van der Waals surface area (Å²) in [4.78, 5) is 4.00. The lowest BCUT2D eigenvalue weighted by atomic mass is 10.2. The molecule has 0 N–H and O–H groups in total. The summed E-state index contributed by atoms with van der Waals surface area (Å²) in [5.41, 5.74) is 1.58. The topological polar surface area (TPSA) is 26.0 Å². The van der Waals surface area contributed by atoms with Gasteiger partial charge in [-0.05, 0) is 18.2 Å². The third kappa shape index (κ3) is 0.946. The maximum absolute atomic E-state index is 6.10. The summed E-state index contributed by atoms with van der Waals surface area (Å²) in [6.07, 6.45) is 3.44. The molecule has 2 aromatic heterocycles. The number of rotatable bonds is 0. The molecule has 0 radical (unpaired) electrons. The van der Waals surface area contributed by atoms with Crippen molar-refractivity contribution >= 4 is 33.5 Å². The fourth-order valence-corrected chi connectivity index (χ4v) is 1.90. The predicted molar refractivity (Wildman–Crippen MR) is 56.5 cm³/mol. The fourth-order valence-electron chi connectivity index (χ4n) is 1.64. The first-order chi connectivity index (χ1) is 6.86. The lowest BCUT2D eigenvalue weighted by molar-refractivity contribution is 0.667. The molecule has 68 valence electrons. The van der Waals surface area contributed by atoms with Gasteiger partial charge < -0.3 is 4.42 Å². The minimum atomic E-state index is 0.715. The largest absolute Gasteiger partial charge is 0.454 e. The molecule has 0 atom stereocenters. The van der Waals surface area contributed by atoms with Gasteiger partial charge in [-0.25, -0.2) is 0 Å². The molecular weight excluding hydrogens is 198 g/mol. The number of hydrogen-bond donors (Lipinski definition) is 0. The van der Waals surface area contributed by atoms with Crippen LogP contribution >= 0.6 is 11.6 Å². The molecule has 3 heteroatoms. The van der Waals surface area contributed by atoms with Gasteiger partial charge in [-0.15, -0.1) is 0 Å². The van der Waals surface area contributed by atoms with Crippen molar-refractivity contribution in [1.82, 2.24) is 4.98 Å². The minimum Gasteiger partial charge on any atom is -0.454 e. The van der Waals surface area contributed by atoms with E-state index < -0.39 is 0 Å². The van der Waals surface area contributed by atoms with Crippen molar-refractivity contribution in [3.8, 4) is 0 Å². The van der Waals surface area contributed by atoms with E-state index in [2.05, 4.69) is 4.98 Å². The first-order valence-electron chi connectivity index (χ1n) is 4.27. The van der Waals surface area contributed by atoms with Crippen molar-refractivity contribution in [2.45, 2.75) is 0 Å². The highest BCUT2D eigenvalue weighted by atomic mass is 35.5. The molecule has 2 heterocycles. The van der Waals surface area contributed by atoms with Crippen LogP contribution in [0.15, 0.2) is 41.1 Å². The second-order valence-electron chi connectivity index (χ2n) is 3.09. The fraction of sp³-hybridized carbons (Fsp3) is 0. The predicted octanol–water partition coefficient (Wildman–Crippen LogP) is 3.63. The van der Waals surface area contributed by atoms with Gasteiger partial charge in [-0.1, -0.05) is 17.7 Å². The van der Waals surface area contributed by atoms with Crippen LogP contribution in [0.1, 0.15) is 0 Å². The van der Waals surface area contributed by atoms with Crippen LogP contribution in [0.25, 0.3) is 21.9 Å². The van der Waals surface area contributed by atoms with Gasteiger partial charge >= 0.3 is 0 Å². The lowest BCUT2D eigenvalue weighted by Gasteiger charge is -1.90. The average molecular weight is 204 g/mol. The number of fused-ring (bicyclic) bond motifs is 3. The van der Waals surface area contributed by atoms with Gasteiger partial charge in [-0.3, -0.25) is 4.98 Å². The maximum atomic E-state index is 6.10. The van der Waals surface area contributed by atoms with Gasteiger partial charge in [0.2, 0.25) is 0 Å². The molecule has 0 aliphatic heterocycles. The Bertz CT molecular complexity index is 615.